The minimum absolute atomic E-state index is 0.0276. The average molecular weight is 350 g/mol. The highest BCUT2D eigenvalue weighted by Gasteiger charge is 2.34. The van der Waals surface area contributed by atoms with Crippen molar-refractivity contribution >= 4 is 17.5 Å². The van der Waals surface area contributed by atoms with Gasteiger partial charge in [0.25, 0.3) is 5.91 Å². The maximum atomic E-state index is 12.6. The molecule has 2 aromatic carbocycles. The highest BCUT2D eigenvalue weighted by molar-refractivity contribution is 6.02. The van der Waals surface area contributed by atoms with E-state index in [0.717, 1.165) is 17.7 Å². The van der Waals surface area contributed by atoms with Crippen LogP contribution in [0.4, 0.5) is 5.69 Å². The van der Waals surface area contributed by atoms with Crippen LogP contribution in [0.1, 0.15) is 35.3 Å². The van der Waals surface area contributed by atoms with Gasteiger partial charge in [0.2, 0.25) is 5.91 Å². The van der Waals surface area contributed by atoms with Crippen molar-refractivity contribution in [3.8, 4) is 5.75 Å². The number of hydrogen-bond donors (Lipinski definition) is 1. The number of nitrogens with one attached hydrogen (secondary N) is 1. The second-order valence-electron chi connectivity index (χ2n) is 7.46. The van der Waals surface area contributed by atoms with Crippen LogP contribution in [0.5, 0.6) is 5.75 Å². The number of fused-ring (bicyclic) bond motifs is 2. The molecule has 134 valence electrons. The Morgan fingerprint density at radius 3 is 2.81 bits per heavy atom. The van der Waals surface area contributed by atoms with E-state index in [9.17, 15) is 9.59 Å². The molecule has 2 amide bonds. The Labute approximate surface area is 153 Å². The summed E-state index contributed by atoms with van der Waals surface area (Å²) in [6.07, 6.45) is 0.852. The molecule has 2 aromatic rings. The number of para-hydroxylation sites is 2. The van der Waals surface area contributed by atoms with Crippen LogP contribution in [0.25, 0.3) is 0 Å². The number of carbonyl (C=O) groups excluding carboxylic acids is 2. The van der Waals surface area contributed by atoms with E-state index in [1.54, 1.807) is 11.0 Å². The lowest BCUT2D eigenvalue weighted by molar-refractivity contribution is -0.117. The van der Waals surface area contributed by atoms with Crippen molar-refractivity contribution in [2.24, 2.45) is 0 Å². The zero-order valence-corrected chi connectivity index (χ0v) is 15.0. The lowest BCUT2D eigenvalue weighted by Crippen LogP contribution is -2.39. The van der Waals surface area contributed by atoms with E-state index in [0.29, 0.717) is 24.5 Å². The fourth-order valence-electron chi connectivity index (χ4n) is 3.68. The standard InChI is InChI=1S/C21H22N2O3/c1-21(2)13-26-19-15(7-5-8-16(19)21)20(25)22-12-18(24)23-11-10-14-6-3-4-9-17(14)23/h3-9H,10-13H2,1-2H3,(H,22,25). The number of nitrogens with zero attached hydrogens (tertiary/aromatic N) is 1. The predicted octanol–water partition coefficient (Wildman–Crippen LogP) is 2.68. The van der Waals surface area contributed by atoms with Crippen LogP contribution in [0, 0.1) is 0 Å². The Morgan fingerprint density at radius 1 is 1.15 bits per heavy atom. The molecule has 0 unspecified atom stereocenters. The second kappa shape index (κ2) is 6.16. The van der Waals surface area contributed by atoms with Gasteiger partial charge in [-0.15, -0.1) is 0 Å². The van der Waals surface area contributed by atoms with Gasteiger partial charge in [0, 0.05) is 23.2 Å². The van der Waals surface area contributed by atoms with Gasteiger partial charge in [-0.2, -0.15) is 0 Å². The van der Waals surface area contributed by atoms with Crippen molar-refractivity contribution in [3.63, 3.8) is 0 Å². The number of rotatable bonds is 3. The summed E-state index contributed by atoms with van der Waals surface area (Å²) in [6, 6.07) is 13.5. The van der Waals surface area contributed by atoms with E-state index >= 15 is 0 Å². The van der Waals surface area contributed by atoms with Gasteiger partial charge >= 0.3 is 0 Å². The second-order valence-corrected chi connectivity index (χ2v) is 7.46. The molecule has 26 heavy (non-hydrogen) atoms. The molecule has 1 N–H and O–H groups in total. The van der Waals surface area contributed by atoms with Crippen molar-refractivity contribution in [2.45, 2.75) is 25.7 Å². The summed E-state index contributed by atoms with van der Waals surface area (Å²) in [7, 11) is 0. The van der Waals surface area contributed by atoms with Crippen molar-refractivity contribution in [3.05, 3.63) is 59.2 Å². The normalized spacial score (nSPS) is 16.6. The Balaban J connectivity index is 1.46. The fourth-order valence-corrected chi connectivity index (χ4v) is 3.68. The van der Waals surface area contributed by atoms with E-state index in [4.69, 9.17) is 4.74 Å². The number of benzene rings is 2. The fraction of sp³-hybridized carbons (Fsp3) is 0.333. The first kappa shape index (κ1) is 16.6. The Hall–Kier alpha value is -2.82. The smallest absolute Gasteiger partial charge is 0.255 e. The van der Waals surface area contributed by atoms with Crippen LogP contribution in [0.15, 0.2) is 42.5 Å². The molecule has 2 heterocycles. The van der Waals surface area contributed by atoms with Crippen molar-refractivity contribution < 1.29 is 14.3 Å². The highest BCUT2D eigenvalue weighted by atomic mass is 16.5. The van der Waals surface area contributed by atoms with E-state index in [1.807, 2.05) is 36.4 Å². The van der Waals surface area contributed by atoms with Gasteiger partial charge in [-0.3, -0.25) is 9.59 Å². The van der Waals surface area contributed by atoms with Crippen LogP contribution in [0.3, 0.4) is 0 Å². The molecule has 0 saturated carbocycles. The molecule has 2 aliphatic rings. The van der Waals surface area contributed by atoms with Crippen LogP contribution in [0.2, 0.25) is 0 Å². The molecule has 0 spiro atoms. The third-order valence-electron chi connectivity index (χ3n) is 5.15. The lowest BCUT2D eigenvalue weighted by atomic mass is 9.86. The van der Waals surface area contributed by atoms with Gasteiger partial charge in [-0.05, 0) is 24.1 Å². The van der Waals surface area contributed by atoms with Crippen molar-refractivity contribution in [2.75, 3.05) is 24.6 Å². The Bertz CT molecular complexity index is 889. The molecular formula is C21H22N2O3. The molecule has 0 aliphatic carbocycles. The molecule has 0 radical (unpaired) electrons. The van der Waals surface area contributed by atoms with Gasteiger partial charge < -0.3 is 15.0 Å². The zero-order chi connectivity index (χ0) is 18.3. The molecule has 0 fully saturated rings. The van der Waals surface area contributed by atoms with Crippen LogP contribution < -0.4 is 15.0 Å². The van der Waals surface area contributed by atoms with Crippen LogP contribution >= 0.6 is 0 Å². The first-order valence-electron chi connectivity index (χ1n) is 8.90. The van der Waals surface area contributed by atoms with Gasteiger partial charge in [-0.1, -0.05) is 44.2 Å². The highest BCUT2D eigenvalue weighted by Crippen LogP contribution is 2.40. The third kappa shape index (κ3) is 2.73. The van der Waals surface area contributed by atoms with E-state index < -0.39 is 0 Å². The largest absolute Gasteiger partial charge is 0.492 e. The van der Waals surface area contributed by atoms with Gasteiger partial charge in [-0.25, -0.2) is 0 Å². The maximum absolute atomic E-state index is 12.6. The number of hydrogen-bond acceptors (Lipinski definition) is 3. The predicted molar refractivity (Wildman–Crippen MR) is 99.8 cm³/mol. The minimum atomic E-state index is -0.277. The van der Waals surface area contributed by atoms with E-state index in [-0.39, 0.29) is 23.8 Å². The Kier molecular flexibility index (Phi) is 3.94. The van der Waals surface area contributed by atoms with Gasteiger partial charge in [0.15, 0.2) is 0 Å². The number of carbonyl (C=O) groups is 2. The maximum Gasteiger partial charge on any atom is 0.255 e. The van der Waals surface area contributed by atoms with Crippen molar-refractivity contribution in [1.82, 2.24) is 5.32 Å². The molecule has 0 bridgehead atoms. The molecule has 2 aliphatic heterocycles. The van der Waals surface area contributed by atoms with Crippen LogP contribution in [-0.4, -0.2) is 31.5 Å². The van der Waals surface area contributed by atoms with E-state index in [1.165, 1.54) is 5.56 Å². The topological polar surface area (TPSA) is 58.6 Å². The van der Waals surface area contributed by atoms with Gasteiger partial charge in [0.05, 0.1) is 18.7 Å². The summed E-state index contributed by atoms with van der Waals surface area (Å²) < 4.78 is 5.76. The molecular weight excluding hydrogens is 328 g/mol. The summed E-state index contributed by atoms with van der Waals surface area (Å²) in [5.74, 6) is 0.256. The van der Waals surface area contributed by atoms with Crippen LogP contribution in [-0.2, 0) is 16.6 Å². The molecule has 5 nitrogen and oxygen atoms in total. The first-order valence-corrected chi connectivity index (χ1v) is 8.90. The van der Waals surface area contributed by atoms with Crippen molar-refractivity contribution in [1.29, 1.82) is 0 Å². The number of amides is 2. The first-order chi connectivity index (χ1) is 12.5. The lowest BCUT2D eigenvalue weighted by Gasteiger charge is -2.18. The summed E-state index contributed by atoms with van der Waals surface area (Å²) in [5.41, 5.74) is 3.52. The van der Waals surface area contributed by atoms with Gasteiger partial charge in [0.1, 0.15) is 5.75 Å². The molecule has 0 atom stereocenters. The van der Waals surface area contributed by atoms with E-state index in [2.05, 4.69) is 19.2 Å². The monoisotopic (exact) mass is 350 g/mol. The third-order valence-corrected chi connectivity index (χ3v) is 5.15. The average Bonchev–Trinajstić information content (AvgIpc) is 3.20. The summed E-state index contributed by atoms with van der Waals surface area (Å²) >= 11 is 0. The summed E-state index contributed by atoms with van der Waals surface area (Å²) in [4.78, 5) is 26.9. The zero-order valence-electron chi connectivity index (χ0n) is 15.0. The SMILES string of the molecule is CC1(C)COc2c(C(=O)NCC(=O)N3CCc4ccccc43)cccc21. The number of ether oxygens (including phenoxy) is 1. The number of anilines is 1. The molecule has 0 saturated heterocycles. The minimum Gasteiger partial charge on any atom is -0.492 e. The summed E-state index contributed by atoms with van der Waals surface area (Å²) in [6.45, 7) is 5.37. The Morgan fingerprint density at radius 2 is 1.96 bits per heavy atom. The molecule has 4 rings (SSSR count). The summed E-state index contributed by atoms with van der Waals surface area (Å²) in [5, 5.41) is 2.75. The molecule has 0 aromatic heterocycles. The molecule has 5 heteroatoms. The quantitative estimate of drug-likeness (QED) is 0.926.